The summed E-state index contributed by atoms with van der Waals surface area (Å²) < 4.78 is 6.72. The molecule has 5 rings (SSSR count). The van der Waals surface area contributed by atoms with Crippen LogP contribution in [0.5, 0.6) is 5.75 Å². The van der Waals surface area contributed by atoms with Crippen LogP contribution in [-0.4, -0.2) is 24.0 Å². The summed E-state index contributed by atoms with van der Waals surface area (Å²) >= 11 is 0. The fraction of sp³-hybridized carbons (Fsp3) is 0.704. The minimum absolute atomic E-state index is 0.0611. The van der Waals surface area contributed by atoms with Crippen LogP contribution in [0.2, 0.25) is 0 Å². The zero-order valence-electron chi connectivity index (χ0n) is 20.0. The third-order valence-electron chi connectivity index (χ3n) is 9.79. The molecule has 32 heavy (non-hydrogen) atoms. The molecule has 2 N–H and O–H groups in total. The highest BCUT2D eigenvalue weighted by atomic mass is 16.5. The van der Waals surface area contributed by atoms with Gasteiger partial charge in [-0.3, -0.25) is 9.59 Å². The first-order valence-electron chi connectivity index (χ1n) is 12.5. The van der Waals surface area contributed by atoms with Gasteiger partial charge in [0.05, 0.1) is 0 Å². The van der Waals surface area contributed by atoms with Crippen LogP contribution in [0, 0.1) is 35.5 Å². The van der Waals surface area contributed by atoms with Crippen molar-refractivity contribution in [3.05, 3.63) is 23.8 Å². The highest BCUT2D eigenvalue weighted by Gasteiger charge is 2.61. The predicted octanol–water partition coefficient (Wildman–Crippen LogP) is 5.22. The van der Waals surface area contributed by atoms with Crippen molar-refractivity contribution in [3.63, 3.8) is 0 Å². The number of ether oxygens (including phenoxy) is 1. The number of rotatable bonds is 3. The Balaban J connectivity index is 1.36. The number of fused-ring (bicyclic) bond motifs is 5. The number of anilines is 1. The molecule has 4 fully saturated rings. The lowest BCUT2D eigenvalue weighted by molar-refractivity contribution is -0.137. The lowest BCUT2D eigenvalue weighted by Gasteiger charge is -2.60. The van der Waals surface area contributed by atoms with E-state index >= 15 is 0 Å². The number of hydrogen-bond acceptors (Lipinski definition) is 3. The summed E-state index contributed by atoms with van der Waals surface area (Å²) in [7, 11) is 0. The number of piperidine rings is 1. The van der Waals surface area contributed by atoms with Gasteiger partial charge in [-0.25, -0.2) is 0 Å². The van der Waals surface area contributed by atoms with Crippen molar-refractivity contribution in [3.8, 4) is 5.75 Å². The molecule has 4 unspecified atom stereocenters. The molecule has 0 bridgehead atoms. The van der Waals surface area contributed by atoms with Gasteiger partial charge in [-0.15, -0.1) is 0 Å². The molecule has 7 atom stereocenters. The second-order valence-corrected chi connectivity index (χ2v) is 11.5. The average Bonchev–Trinajstić information content (AvgIpc) is 3.07. The number of benzene rings is 1. The molecule has 174 valence electrons. The minimum atomic E-state index is -0.0611. The van der Waals surface area contributed by atoms with Crippen LogP contribution in [0.15, 0.2) is 18.2 Å². The largest absolute Gasteiger partial charge is 0.490 e. The number of hydrogen-bond donors (Lipinski definition) is 2. The third kappa shape index (κ3) is 3.43. The second kappa shape index (κ2) is 7.78. The second-order valence-electron chi connectivity index (χ2n) is 11.5. The van der Waals surface area contributed by atoms with E-state index < -0.39 is 0 Å². The smallest absolute Gasteiger partial charge is 0.221 e. The van der Waals surface area contributed by atoms with Crippen molar-refractivity contribution >= 4 is 17.5 Å². The van der Waals surface area contributed by atoms with E-state index in [2.05, 4.69) is 31.4 Å². The first-order chi connectivity index (χ1) is 15.2. The van der Waals surface area contributed by atoms with Gasteiger partial charge in [-0.2, -0.15) is 0 Å². The molecule has 1 aromatic rings. The molecule has 1 saturated heterocycles. The normalized spacial score (nSPS) is 40.5. The Labute approximate surface area is 192 Å². The van der Waals surface area contributed by atoms with Crippen LogP contribution in [0.3, 0.4) is 0 Å². The Hall–Kier alpha value is -2.04. The van der Waals surface area contributed by atoms with Crippen LogP contribution >= 0.6 is 0 Å². The van der Waals surface area contributed by atoms with E-state index in [1.54, 1.807) is 0 Å². The van der Waals surface area contributed by atoms with Crippen molar-refractivity contribution in [1.29, 1.82) is 0 Å². The number of carbonyl (C=O) groups is 2. The molecule has 2 amide bonds. The molecular formula is C27H38N2O3. The van der Waals surface area contributed by atoms with Gasteiger partial charge in [0.1, 0.15) is 11.9 Å². The molecule has 0 radical (unpaired) electrons. The maximum absolute atomic E-state index is 12.0. The summed E-state index contributed by atoms with van der Waals surface area (Å²) in [5.74, 6) is 3.23. The lowest BCUT2D eigenvalue weighted by Crippen LogP contribution is -2.61. The van der Waals surface area contributed by atoms with Crippen LogP contribution in [0.25, 0.3) is 0 Å². The molecule has 0 aromatic heterocycles. The standard InChI is InChI=1S/C27H38N2O3/c1-16-5-6-18(28-17(2)30)15-22(16)32-24-10-8-20-19-7-9-23-26(3,14-12-25(31)29-23)21(19)11-13-27(20,24)4/h5-6,15,19-21,23-24H,7-14H2,1-4H3,(H,28,30)(H,29,31)/t19?,20?,21?,23?,24-,26+,27-/m0/s1. The summed E-state index contributed by atoms with van der Waals surface area (Å²) in [6.07, 6.45) is 9.09. The highest BCUT2D eigenvalue weighted by Crippen LogP contribution is 2.64. The summed E-state index contributed by atoms with van der Waals surface area (Å²) in [6.45, 7) is 8.54. The van der Waals surface area contributed by atoms with Gasteiger partial charge in [-0.05, 0) is 86.7 Å². The maximum atomic E-state index is 12.0. The van der Waals surface area contributed by atoms with Gasteiger partial charge in [0, 0.05) is 36.6 Å². The number of aryl methyl sites for hydroxylation is 1. The Morgan fingerprint density at radius 1 is 1.06 bits per heavy atom. The zero-order valence-corrected chi connectivity index (χ0v) is 20.0. The quantitative estimate of drug-likeness (QED) is 0.680. The van der Waals surface area contributed by atoms with E-state index in [4.69, 9.17) is 4.74 Å². The number of nitrogens with one attached hydrogen (secondary N) is 2. The van der Waals surface area contributed by atoms with Crippen LogP contribution in [0.4, 0.5) is 5.69 Å². The average molecular weight is 439 g/mol. The highest BCUT2D eigenvalue weighted by molar-refractivity contribution is 5.88. The SMILES string of the molecule is CC(=O)Nc1ccc(C)c(O[C@H]2CCC3C4CCC5NC(=O)CC[C@]5(C)C4CC[C@@]32C)c1. The zero-order chi connectivity index (χ0) is 22.7. The molecular weight excluding hydrogens is 400 g/mol. The van der Waals surface area contributed by atoms with E-state index in [1.165, 1.54) is 32.6 Å². The van der Waals surface area contributed by atoms with Crippen molar-refractivity contribution < 1.29 is 14.3 Å². The predicted molar refractivity (Wildman–Crippen MR) is 125 cm³/mol. The summed E-state index contributed by atoms with van der Waals surface area (Å²) in [5, 5.41) is 6.22. The number of amides is 2. The molecule has 4 aliphatic rings. The molecule has 5 heteroatoms. The van der Waals surface area contributed by atoms with Crippen LogP contribution in [-0.2, 0) is 9.59 Å². The molecule has 1 aliphatic heterocycles. The molecule has 3 saturated carbocycles. The summed E-state index contributed by atoms with van der Waals surface area (Å²) in [6, 6.07) is 6.32. The molecule has 1 heterocycles. The Morgan fingerprint density at radius 3 is 2.62 bits per heavy atom. The Kier molecular flexibility index (Phi) is 5.29. The van der Waals surface area contributed by atoms with Gasteiger partial charge < -0.3 is 15.4 Å². The molecule has 3 aliphatic carbocycles. The fourth-order valence-electron chi connectivity index (χ4n) is 8.01. The van der Waals surface area contributed by atoms with Crippen molar-refractivity contribution in [2.24, 2.45) is 28.6 Å². The topological polar surface area (TPSA) is 67.4 Å². The monoisotopic (exact) mass is 438 g/mol. The van der Waals surface area contributed by atoms with E-state index in [9.17, 15) is 9.59 Å². The Morgan fingerprint density at radius 2 is 1.84 bits per heavy atom. The maximum Gasteiger partial charge on any atom is 0.221 e. The molecule has 5 nitrogen and oxygen atoms in total. The minimum Gasteiger partial charge on any atom is -0.490 e. The van der Waals surface area contributed by atoms with Gasteiger partial charge in [-0.1, -0.05) is 19.9 Å². The van der Waals surface area contributed by atoms with Crippen molar-refractivity contribution in [1.82, 2.24) is 5.32 Å². The third-order valence-corrected chi connectivity index (χ3v) is 9.79. The molecule has 0 spiro atoms. The lowest BCUT2D eigenvalue weighted by atomic mass is 9.47. The summed E-state index contributed by atoms with van der Waals surface area (Å²) in [5.41, 5.74) is 2.36. The molecule has 1 aromatic carbocycles. The van der Waals surface area contributed by atoms with Crippen LogP contribution in [0.1, 0.15) is 77.7 Å². The first kappa shape index (κ1) is 21.8. The van der Waals surface area contributed by atoms with Gasteiger partial charge in [0.25, 0.3) is 0 Å². The van der Waals surface area contributed by atoms with Crippen molar-refractivity contribution in [2.75, 3.05) is 5.32 Å². The van der Waals surface area contributed by atoms with Gasteiger partial charge >= 0.3 is 0 Å². The van der Waals surface area contributed by atoms with E-state index in [-0.39, 0.29) is 28.7 Å². The summed E-state index contributed by atoms with van der Waals surface area (Å²) in [4.78, 5) is 23.5. The first-order valence-corrected chi connectivity index (χ1v) is 12.5. The van der Waals surface area contributed by atoms with E-state index in [0.717, 1.165) is 42.2 Å². The Bertz CT molecular complexity index is 929. The van der Waals surface area contributed by atoms with E-state index in [0.29, 0.717) is 24.3 Å². The fourth-order valence-corrected chi connectivity index (χ4v) is 8.01. The number of carbonyl (C=O) groups excluding carboxylic acids is 2. The van der Waals surface area contributed by atoms with Crippen LogP contribution < -0.4 is 15.4 Å². The van der Waals surface area contributed by atoms with Crippen molar-refractivity contribution in [2.45, 2.75) is 91.2 Å². The van der Waals surface area contributed by atoms with E-state index in [1.807, 2.05) is 18.2 Å². The van der Waals surface area contributed by atoms with Gasteiger partial charge in [0.15, 0.2) is 0 Å². The van der Waals surface area contributed by atoms with Gasteiger partial charge in [0.2, 0.25) is 11.8 Å².